The molecule has 1 aromatic heterocycles. The van der Waals surface area contributed by atoms with Crippen LogP contribution in [-0.4, -0.2) is 34.5 Å². The van der Waals surface area contributed by atoms with E-state index in [1.54, 1.807) is 4.90 Å². The van der Waals surface area contributed by atoms with Crippen molar-refractivity contribution in [3.63, 3.8) is 0 Å². The van der Waals surface area contributed by atoms with Gasteiger partial charge < -0.3 is 15.5 Å². The van der Waals surface area contributed by atoms with Crippen molar-refractivity contribution in [2.24, 2.45) is 0 Å². The number of benzene rings is 1. The van der Waals surface area contributed by atoms with Crippen molar-refractivity contribution in [2.45, 2.75) is 50.5 Å². The largest absolute Gasteiger partial charge is 0.368 e. The molecule has 3 heterocycles. The minimum atomic E-state index is -3.15. The Morgan fingerprint density at radius 2 is 1.77 bits per heavy atom. The molecular formula is C21H23F4N5O. The van der Waals surface area contributed by atoms with Crippen molar-refractivity contribution >= 4 is 23.4 Å². The van der Waals surface area contributed by atoms with E-state index >= 15 is 0 Å². The Bertz CT molecular complexity index is 1000. The highest BCUT2D eigenvalue weighted by Gasteiger charge is 2.45. The molecule has 6 nitrogen and oxygen atoms in total. The lowest BCUT2D eigenvalue weighted by Gasteiger charge is -2.51. The maximum absolute atomic E-state index is 13.9. The molecule has 4 rings (SSSR count). The van der Waals surface area contributed by atoms with Gasteiger partial charge in [-0.1, -0.05) is 0 Å². The van der Waals surface area contributed by atoms with Crippen LogP contribution in [0.5, 0.6) is 0 Å². The summed E-state index contributed by atoms with van der Waals surface area (Å²) in [5.74, 6) is -5.19. The number of anilines is 3. The second-order valence-electron chi connectivity index (χ2n) is 8.25. The number of carbonyl (C=O) groups is 1. The van der Waals surface area contributed by atoms with Crippen LogP contribution in [0.4, 0.5) is 35.0 Å². The Balaban J connectivity index is 1.60. The first-order valence-electron chi connectivity index (χ1n) is 10.1. The zero-order valence-corrected chi connectivity index (χ0v) is 17.0. The third kappa shape index (κ3) is 4.03. The molecule has 2 aromatic rings. The van der Waals surface area contributed by atoms with Crippen LogP contribution in [0.1, 0.15) is 44.7 Å². The summed E-state index contributed by atoms with van der Waals surface area (Å²) in [5.41, 5.74) is 4.97. The summed E-state index contributed by atoms with van der Waals surface area (Å²) in [6.07, 6.45) is 2.81. The van der Waals surface area contributed by atoms with Gasteiger partial charge in [-0.2, -0.15) is 13.8 Å². The molecule has 2 aliphatic rings. The molecule has 0 atom stereocenters. The second kappa shape index (κ2) is 7.65. The Hall–Kier alpha value is -2.91. The topological polar surface area (TPSA) is 75.4 Å². The van der Waals surface area contributed by atoms with E-state index in [2.05, 4.69) is 9.97 Å². The van der Waals surface area contributed by atoms with Crippen molar-refractivity contribution in [3.8, 4) is 0 Å². The van der Waals surface area contributed by atoms with Crippen LogP contribution < -0.4 is 15.5 Å². The number of hydrogen-bond donors (Lipinski definition) is 1. The first-order chi connectivity index (χ1) is 14.6. The monoisotopic (exact) mass is 437 g/mol. The van der Waals surface area contributed by atoms with Gasteiger partial charge in [-0.15, -0.1) is 0 Å². The summed E-state index contributed by atoms with van der Waals surface area (Å²) in [5, 5.41) is 0. The van der Waals surface area contributed by atoms with Crippen molar-refractivity contribution in [1.29, 1.82) is 0 Å². The van der Waals surface area contributed by atoms with Gasteiger partial charge in [0, 0.05) is 44.3 Å². The number of alkyl halides is 2. The summed E-state index contributed by atoms with van der Waals surface area (Å²) in [4.78, 5) is 24.0. The van der Waals surface area contributed by atoms with Gasteiger partial charge in [-0.25, -0.2) is 13.8 Å². The van der Waals surface area contributed by atoms with Crippen LogP contribution in [-0.2, 0) is 10.7 Å². The number of rotatable bonds is 3. The van der Waals surface area contributed by atoms with Crippen LogP contribution in [0.3, 0.4) is 0 Å². The van der Waals surface area contributed by atoms with E-state index in [-0.39, 0.29) is 11.9 Å². The van der Waals surface area contributed by atoms with Crippen LogP contribution in [0.25, 0.3) is 0 Å². The summed E-state index contributed by atoms with van der Waals surface area (Å²) in [6.45, 7) is 1.63. The SMILES string of the molecule is CC(F)(F)c1cc(N2CCC3(CCCC(=O)N3c3ccc(F)c(F)c3)CC2)nc(N)n1. The van der Waals surface area contributed by atoms with Crippen molar-refractivity contribution < 1.29 is 22.4 Å². The third-order valence-electron chi connectivity index (χ3n) is 6.12. The third-order valence-corrected chi connectivity index (χ3v) is 6.12. The number of nitrogen functional groups attached to an aromatic ring is 1. The van der Waals surface area contributed by atoms with Gasteiger partial charge in [-0.3, -0.25) is 4.79 Å². The number of halogens is 4. The predicted molar refractivity (Wildman–Crippen MR) is 108 cm³/mol. The number of nitrogens with zero attached hydrogens (tertiary/aromatic N) is 4. The van der Waals surface area contributed by atoms with E-state index in [1.807, 2.05) is 4.90 Å². The lowest BCUT2D eigenvalue weighted by molar-refractivity contribution is -0.121. The molecule has 1 amide bonds. The van der Waals surface area contributed by atoms with Gasteiger partial charge in [-0.05, 0) is 37.8 Å². The number of hydrogen-bond acceptors (Lipinski definition) is 5. The van der Waals surface area contributed by atoms with E-state index < -0.39 is 28.8 Å². The Morgan fingerprint density at radius 3 is 2.42 bits per heavy atom. The molecule has 0 unspecified atom stereocenters. The zero-order valence-electron chi connectivity index (χ0n) is 17.0. The Morgan fingerprint density at radius 1 is 1.06 bits per heavy atom. The molecule has 1 spiro atoms. The first kappa shape index (κ1) is 21.3. The number of aromatic nitrogens is 2. The van der Waals surface area contributed by atoms with Crippen LogP contribution in [0, 0.1) is 11.6 Å². The van der Waals surface area contributed by atoms with Gasteiger partial charge in [0.15, 0.2) is 11.6 Å². The zero-order chi connectivity index (χ0) is 22.4. The van der Waals surface area contributed by atoms with Gasteiger partial charge >= 0.3 is 0 Å². The van der Waals surface area contributed by atoms with E-state index in [1.165, 1.54) is 12.1 Å². The molecule has 166 valence electrons. The van der Waals surface area contributed by atoms with Crippen molar-refractivity contribution in [3.05, 3.63) is 41.6 Å². The molecule has 2 aliphatic heterocycles. The van der Waals surface area contributed by atoms with E-state index in [4.69, 9.17) is 5.73 Å². The van der Waals surface area contributed by atoms with E-state index in [0.29, 0.717) is 50.3 Å². The quantitative estimate of drug-likeness (QED) is 0.735. The van der Waals surface area contributed by atoms with Crippen LogP contribution in [0.2, 0.25) is 0 Å². The number of amides is 1. The molecule has 2 fully saturated rings. The molecule has 10 heteroatoms. The van der Waals surface area contributed by atoms with E-state index in [0.717, 1.165) is 25.5 Å². The average Bonchev–Trinajstić information content (AvgIpc) is 2.70. The lowest BCUT2D eigenvalue weighted by Crippen LogP contribution is -2.60. The van der Waals surface area contributed by atoms with Gasteiger partial charge in [0.2, 0.25) is 11.9 Å². The molecule has 0 saturated carbocycles. The predicted octanol–water partition coefficient (Wildman–Crippen LogP) is 4.00. The summed E-state index contributed by atoms with van der Waals surface area (Å²) in [6, 6.07) is 4.71. The number of carbonyl (C=O) groups excluding carboxylic acids is 1. The molecule has 31 heavy (non-hydrogen) atoms. The Labute approximate surface area is 177 Å². The van der Waals surface area contributed by atoms with Gasteiger partial charge in [0.1, 0.15) is 11.5 Å². The maximum atomic E-state index is 13.9. The highest BCUT2D eigenvalue weighted by molar-refractivity contribution is 5.95. The van der Waals surface area contributed by atoms with Crippen molar-refractivity contribution in [1.82, 2.24) is 9.97 Å². The Kier molecular flexibility index (Phi) is 5.26. The normalized spacial score (nSPS) is 19.2. The highest BCUT2D eigenvalue weighted by atomic mass is 19.3. The van der Waals surface area contributed by atoms with Crippen LogP contribution in [0.15, 0.2) is 24.3 Å². The second-order valence-corrected chi connectivity index (χ2v) is 8.25. The van der Waals surface area contributed by atoms with Gasteiger partial charge in [0.05, 0.1) is 5.54 Å². The molecule has 0 aliphatic carbocycles. The maximum Gasteiger partial charge on any atom is 0.287 e. The fourth-order valence-corrected chi connectivity index (χ4v) is 4.56. The summed E-state index contributed by atoms with van der Waals surface area (Å²) >= 11 is 0. The standard InChI is InChI=1S/C21H23F4N5O/c1-20(24,25)16-12-17(28-19(26)27-16)29-9-7-21(8-10-29)6-2-3-18(31)30(21)13-4-5-14(22)15(23)11-13/h4-5,11-12H,2-3,6-10H2,1H3,(H2,26,27,28). The minimum Gasteiger partial charge on any atom is -0.368 e. The molecule has 2 saturated heterocycles. The first-order valence-corrected chi connectivity index (χ1v) is 10.1. The molecule has 0 bridgehead atoms. The fraction of sp³-hybridized carbons (Fsp3) is 0.476. The summed E-state index contributed by atoms with van der Waals surface area (Å²) in [7, 11) is 0. The molecule has 0 radical (unpaired) electrons. The molecule has 2 N–H and O–H groups in total. The van der Waals surface area contributed by atoms with Crippen molar-refractivity contribution in [2.75, 3.05) is 28.6 Å². The fourth-order valence-electron chi connectivity index (χ4n) is 4.56. The molecule has 1 aromatic carbocycles. The minimum absolute atomic E-state index is 0.134. The summed E-state index contributed by atoms with van der Waals surface area (Å²) < 4.78 is 54.8. The number of piperidine rings is 2. The van der Waals surface area contributed by atoms with E-state index in [9.17, 15) is 22.4 Å². The highest BCUT2D eigenvalue weighted by Crippen LogP contribution is 2.42. The smallest absolute Gasteiger partial charge is 0.287 e. The van der Waals surface area contributed by atoms with Crippen LogP contribution >= 0.6 is 0 Å². The molecular weight excluding hydrogens is 414 g/mol. The number of nitrogens with two attached hydrogens (primary N) is 1. The van der Waals surface area contributed by atoms with Gasteiger partial charge in [0.25, 0.3) is 5.92 Å². The average molecular weight is 437 g/mol. The lowest BCUT2D eigenvalue weighted by atomic mass is 9.78.